The van der Waals surface area contributed by atoms with Crippen molar-refractivity contribution in [1.82, 2.24) is 0 Å². The second-order valence-electron chi connectivity index (χ2n) is 6.88. The minimum absolute atomic E-state index is 1.69. The van der Waals surface area contributed by atoms with Gasteiger partial charge >= 0.3 is 65.9 Å². The largest absolute Gasteiger partial charge is 0.459 e. The third-order valence-corrected chi connectivity index (χ3v) is 4.46. The molecule has 0 aromatic rings. The summed E-state index contributed by atoms with van der Waals surface area (Å²) in [6.45, 7) is 0. The van der Waals surface area contributed by atoms with E-state index in [1.165, 1.54) is 0 Å². The van der Waals surface area contributed by atoms with Crippen LogP contribution in [-0.4, -0.2) is 71.5 Å². The molecule has 24 heteroatoms. The zero-order valence-electron chi connectivity index (χ0n) is 15.9. The van der Waals surface area contributed by atoms with Gasteiger partial charge in [0.15, 0.2) is 0 Å². The molecule has 0 heterocycles. The van der Waals surface area contributed by atoms with Crippen LogP contribution in [0.1, 0.15) is 6.42 Å². The van der Waals surface area contributed by atoms with Crippen molar-refractivity contribution in [2.24, 2.45) is 0 Å². The van der Waals surface area contributed by atoms with Crippen molar-refractivity contribution in [3.8, 4) is 0 Å². The van der Waals surface area contributed by atoms with Crippen LogP contribution in [0.4, 0.5) is 87.8 Å². The lowest BCUT2D eigenvalue weighted by Gasteiger charge is -2.52. The molecule has 3 atom stereocenters. The van der Waals surface area contributed by atoms with Crippen molar-refractivity contribution in [3.63, 3.8) is 0 Å². The van der Waals surface area contributed by atoms with Gasteiger partial charge in [0.05, 0.1) is 6.42 Å². The Labute approximate surface area is 186 Å². The van der Waals surface area contributed by atoms with Crippen molar-refractivity contribution < 1.29 is 107 Å². The third kappa shape index (κ3) is 4.16. The second kappa shape index (κ2) is 8.18. The number of hydrogen-bond donors (Lipinski definition) is 0. The van der Waals surface area contributed by atoms with Crippen LogP contribution < -0.4 is 0 Å². The van der Waals surface area contributed by atoms with Crippen LogP contribution >= 0.6 is 0 Å². The molecule has 1 saturated carbocycles. The molecule has 0 aromatic carbocycles. The monoisotopic (exact) mass is 602 g/mol. The van der Waals surface area contributed by atoms with E-state index in [0.717, 1.165) is 0 Å². The molecule has 1 aliphatic carbocycles. The number of alkyl halides is 18. The van der Waals surface area contributed by atoms with Gasteiger partial charge in [-0.05, 0) is 0 Å². The molecule has 0 aliphatic heterocycles. The topological polar surface area (TPSA) is 52.6 Å². The van der Waals surface area contributed by atoms with Gasteiger partial charge in [0.2, 0.25) is 0 Å². The third-order valence-electron chi connectivity index (χ3n) is 4.46. The number of ether oxygens (including phenoxy) is 2. The maximum atomic E-state index is 14.9. The predicted octanol–water partition coefficient (Wildman–Crippen LogP) is 5.74. The molecule has 218 valence electrons. The highest BCUT2D eigenvalue weighted by molar-refractivity contribution is 5.78. The van der Waals surface area contributed by atoms with Crippen LogP contribution in [-0.2, 0) is 19.1 Å². The van der Waals surface area contributed by atoms with E-state index < -0.39 is 78.0 Å². The fourth-order valence-corrected chi connectivity index (χ4v) is 2.46. The first-order chi connectivity index (χ1) is 15.8. The summed E-state index contributed by atoms with van der Waals surface area (Å²) in [6.07, 6.45) is -20.3. The molecule has 1 fully saturated rings. The fourth-order valence-electron chi connectivity index (χ4n) is 2.46. The molecule has 0 radical (unpaired) electrons. The Morgan fingerprint density at radius 3 is 1.08 bits per heavy atom. The molecule has 0 amide bonds. The minimum Gasteiger partial charge on any atom is -0.267 e. The molecule has 1 aliphatic rings. The van der Waals surface area contributed by atoms with E-state index in [1.54, 1.807) is 9.47 Å². The van der Waals surface area contributed by atoms with Crippen LogP contribution in [0.2, 0.25) is 0 Å². The average Bonchev–Trinajstić information content (AvgIpc) is 2.63. The smallest absolute Gasteiger partial charge is 0.267 e. The van der Waals surface area contributed by atoms with E-state index in [-0.39, 0.29) is 0 Å². The molecule has 37 heavy (non-hydrogen) atoms. The van der Waals surface area contributed by atoms with Gasteiger partial charge in [-0.3, -0.25) is 19.1 Å². The lowest BCUT2D eigenvalue weighted by atomic mass is 9.74. The first kappa shape index (κ1) is 32.9. The molecule has 3 unspecified atom stereocenters. The molecule has 0 bridgehead atoms. The predicted molar refractivity (Wildman–Crippen MR) is 66.3 cm³/mol. The number of rotatable bonds is 7. The summed E-state index contributed by atoms with van der Waals surface area (Å²) in [5.41, 5.74) is -7.87. The summed E-state index contributed by atoms with van der Waals surface area (Å²) in [4.78, 5) is 20.6. The Bertz CT molecular complexity index is 900. The molecule has 0 spiro atoms. The summed E-state index contributed by atoms with van der Waals surface area (Å²) in [5.74, 6) is -46.4. The Morgan fingerprint density at radius 2 is 0.838 bits per heavy atom. The quantitative estimate of drug-likeness (QED) is 0.212. The van der Waals surface area contributed by atoms with Gasteiger partial charge in [0, 0.05) is 0 Å². The molecule has 0 saturated heterocycles. The van der Waals surface area contributed by atoms with Crippen LogP contribution in [0.25, 0.3) is 0 Å². The van der Waals surface area contributed by atoms with Crippen molar-refractivity contribution >= 4 is 12.1 Å². The molecule has 4 nitrogen and oxygen atoms in total. The molecule has 1 rings (SSSR count). The van der Waals surface area contributed by atoms with Crippen molar-refractivity contribution in [3.05, 3.63) is 0 Å². The first-order valence-corrected chi connectivity index (χ1v) is 7.96. The average molecular weight is 602 g/mol. The molecular formula is C13H2F20O4. The zero-order valence-corrected chi connectivity index (χ0v) is 15.9. The van der Waals surface area contributed by atoms with Gasteiger partial charge < -0.3 is 0 Å². The van der Waals surface area contributed by atoms with Crippen molar-refractivity contribution in [1.29, 1.82) is 0 Å². The minimum atomic E-state index is -8.22. The Hall–Kier alpha value is -2.14. The number of halogens is 20. The van der Waals surface area contributed by atoms with Crippen molar-refractivity contribution in [2.45, 2.75) is 65.9 Å². The maximum absolute atomic E-state index is 14.9. The van der Waals surface area contributed by atoms with Gasteiger partial charge in [-0.1, -0.05) is 0 Å². The van der Waals surface area contributed by atoms with Crippen molar-refractivity contribution in [2.75, 3.05) is 0 Å². The first-order valence-electron chi connectivity index (χ1n) is 7.96. The summed E-state index contributed by atoms with van der Waals surface area (Å²) in [7, 11) is 0. The number of hydrogen-bond acceptors (Lipinski definition) is 4. The van der Waals surface area contributed by atoms with E-state index in [0.29, 0.717) is 0 Å². The zero-order chi connectivity index (χ0) is 30.3. The summed E-state index contributed by atoms with van der Waals surface area (Å²) < 4.78 is 271. The SMILES string of the molecule is O=C(F)C(F)(OC(F)(OC(F)(C(=O)F)C(F)(F)F)C1(F)CC(F)(F)C(F)(F)C(F)(F)C1(F)F)C(F)(F)F. The number of carbonyl (C=O) groups excluding carboxylic acids is 2. The summed E-state index contributed by atoms with van der Waals surface area (Å²) in [6, 6.07) is -18.2. The lowest BCUT2D eigenvalue weighted by Crippen LogP contribution is -2.81. The van der Waals surface area contributed by atoms with Gasteiger partial charge in [-0.25, -0.2) is 4.39 Å². The van der Waals surface area contributed by atoms with Gasteiger partial charge in [0.25, 0.3) is 5.67 Å². The second-order valence-corrected chi connectivity index (χ2v) is 6.88. The van der Waals surface area contributed by atoms with E-state index in [9.17, 15) is 97.4 Å². The van der Waals surface area contributed by atoms with E-state index in [4.69, 9.17) is 0 Å². The van der Waals surface area contributed by atoms with Gasteiger partial charge in [-0.2, -0.15) is 83.4 Å². The number of carbonyl (C=O) groups is 2. The molecule has 0 aromatic heterocycles. The van der Waals surface area contributed by atoms with Gasteiger partial charge in [0.1, 0.15) is 0 Å². The Kier molecular flexibility index (Phi) is 7.27. The van der Waals surface area contributed by atoms with Crippen LogP contribution in [0.3, 0.4) is 0 Å². The van der Waals surface area contributed by atoms with Crippen LogP contribution in [0, 0.1) is 0 Å². The Balaban J connectivity index is 4.23. The highest BCUT2D eigenvalue weighted by Gasteiger charge is 2.96. The van der Waals surface area contributed by atoms with Crippen LogP contribution in [0.15, 0.2) is 0 Å². The normalized spacial score (nSPS) is 29.9. The fraction of sp³-hybridized carbons (Fsp3) is 0.846. The highest BCUT2D eigenvalue weighted by Crippen LogP contribution is 2.68. The molecular weight excluding hydrogens is 600 g/mol. The van der Waals surface area contributed by atoms with E-state index >= 15 is 0 Å². The van der Waals surface area contributed by atoms with E-state index in [2.05, 4.69) is 0 Å². The maximum Gasteiger partial charge on any atom is 0.459 e. The summed E-state index contributed by atoms with van der Waals surface area (Å²) >= 11 is 0. The van der Waals surface area contributed by atoms with Crippen LogP contribution in [0.5, 0.6) is 0 Å². The Morgan fingerprint density at radius 1 is 0.541 bits per heavy atom. The summed E-state index contributed by atoms with van der Waals surface area (Å²) in [5, 5.41) is 0. The van der Waals surface area contributed by atoms with E-state index in [1.807, 2.05) is 0 Å². The molecule has 0 N–H and O–H groups in total. The van der Waals surface area contributed by atoms with Gasteiger partial charge in [-0.15, -0.1) is 0 Å². The standard InChI is InChI=1S/C13H2F20O4/c14-2(34)6(19,11(27,28)29)36-13(33,37-7(20,3(15)35)12(30,31)32)4(16)1-5(17,18)9(23,24)10(25,26)8(4,21)22/h1H2. The highest BCUT2D eigenvalue weighted by atomic mass is 19.4. The lowest BCUT2D eigenvalue weighted by molar-refractivity contribution is -0.538.